The number of hydrogen-bond acceptors (Lipinski definition) is 8. The number of aromatic nitrogens is 2. The average molecular weight is 508 g/mol. The minimum Gasteiger partial charge on any atom is -0.368 e. The predicted molar refractivity (Wildman–Crippen MR) is 140 cm³/mol. The summed E-state index contributed by atoms with van der Waals surface area (Å²) in [4.78, 5) is 13.3. The SMILES string of the molecule is CC(C)N1CCSc2c(F)cc(-c3nc(Nc4ccc(N5CCNCC5)c(C#N)c4)ncc3F)cc21. The molecule has 0 radical (unpaired) electrons. The van der Waals surface area contributed by atoms with E-state index in [4.69, 9.17) is 0 Å². The van der Waals surface area contributed by atoms with Crippen molar-refractivity contribution in [2.45, 2.75) is 24.8 Å². The van der Waals surface area contributed by atoms with Gasteiger partial charge in [0.15, 0.2) is 5.82 Å². The van der Waals surface area contributed by atoms with Gasteiger partial charge in [-0.25, -0.2) is 18.7 Å². The molecule has 0 aliphatic carbocycles. The number of nitrogens with zero attached hydrogens (tertiary/aromatic N) is 5. The number of thioether (sulfide) groups is 1. The van der Waals surface area contributed by atoms with E-state index in [0.29, 0.717) is 21.7 Å². The van der Waals surface area contributed by atoms with Gasteiger partial charge in [0.25, 0.3) is 0 Å². The number of benzene rings is 2. The van der Waals surface area contributed by atoms with E-state index in [-0.39, 0.29) is 23.5 Å². The van der Waals surface area contributed by atoms with Gasteiger partial charge in [0.2, 0.25) is 5.95 Å². The molecule has 0 amide bonds. The molecule has 0 spiro atoms. The van der Waals surface area contributed by atoms with Crippen LogP contribution in [0.4, 0.5) is 31.8 Å². The summed E-state index contributed by atoms with van der Waals surface area (Å²) in [6.45, 7) is 8.30. The molecule has 0 bridgehead atoms. The summed E-state index contributed by atoms with van der Waals surface area (Å²) in [5.74, 6) is -0.0487. The monoisotopic (exact) mass is 507 g/mol. The second-order valence-electron chi connectivity index (χ2n) is 9.04. The van der Waals surface area contributed by atoms with Gasteiger partial charge in [0.05, 0.1) is 28.0 Å². The Bertz CT molecular complexity index is 1320. The van der Waals surface area contributed by atoms with E-state index in [9.17, 15) is 9.65 Å². The van der Waals surface area contributed by atoms with Crippen LogP contribution in [0.15, 0.2) is 41.4 Å². The Morgan fingerprint density at radius 2 is 1.89 bits per heavy atom. The van der Waals surface area contributed by atoms with Crippen molar-refractivity contribution in [3.8, 4) is 17.3 Å². The fourth-order valence-electron chi connectivity index (χ4n) is 4.62. The van der Waals surface area contributed by atoms with E-state index >= 15 is 4.39 Å². The summed E-state index contributed by atoms with van der Waals surface area (Å²) in [6.07, 6.45) is 1.08. The maximum absolute atomic E-state index is 15.0. The Hall–Kier alpha value is -3.42. The van der Waals surface area contributed by atoms with Crippen LogP contribution in [-0.4, -0.2) is 54.5 Å². The molecule has 186 valence electrons. The van der Waals surface area contributed by atoms with Gasteiger partial charge in [0, 0.05) is 55.8 Å². The second kappa shape index (κ2) is 10.3. The van der Waals surface area contributed by atoms with Gasteiger partial charge in [-0.1, -0.05) is 0 Å². The standard InChI is InChI=1S/C26H27F2N7S/c1-16(2)35-9-10-36-25-20(27)12-17(13-23(25)35)24-21(28)15-31-26(33-24)32-19-3-4-22(18(11-19)14-29)34-7-5-30-6-8-34/h3-4,11-13,15-16,30H,5-10H2,1-2H3,(H,31,32,33). The fourth-order valence-corrected chi connectivity index (χ4v) is 5.63. The molecule has 0 unspecified atom stereocenters. The van der Waals surface area contributed by atoms with Crippen molar-refractivity contribution in [3.05, 3.63) is 53.7 Å². The highest BCUT2D eigenvalue weighted by Gasteiger charge is 2.25. The van der Waals surface area contributed by atoms with Crippen LogP contribution in [0, 0.1) is 23.0 Å². The molecule has 2 N–H and O–H groups in total. The molecule has 2 aromatic carbocycles. The zero-order chi connectivity index (χ0) is 25.2. The summed E-state index contributed by atoms with van der Waals surface area (Å²) in [5.41, 5.74) is 3.16. The normalized spacial score (nSPS) is 15.6. The molecule has 3 aromatic rings. The Morgan fingerprint density at radius 3 is 2.64 bits per heavy atom. The van der Waals surface area contributed by atoms with Gasteiger partial charge >= 0.3 is 0 Å². The fraction of sp³-hybridized carbons (Fsp3) is 0.346. The highest BCUT2D eigenvalue weighted by Crippen LogP contribution is 2.41. The number of anilines is 4. The predicted octanol–water partition coefficient (Wildman–Crippen LogP) is 4.77. The van der Waals surface area contributed by atoms with Crippen LogP contribution in [0.5, 0.6) is 0 Å². The Balaban J connectivity index is 1.45. The number of piperazine rings is 1. The van der Waals surface area contributed by atoms with E-state index in [1.165, 1.54) is 17.8 Å². The zero-order valence-electron chi connectivity index (χ0n) is 20.2. The van der Waals surface area contributed by atoms with Crippen LogP contribution >= 0.6 is 11.8 Å². The Kier molecular flexibility index (Phi) is 6.94. The molecular weight excluding hydrogens is 480 g/mol. The van der Waals surface area contributed by atoms with Gasteiger partial charge in [-0.15, -0.1) is 11.8 Å². The summed E-state index contributed by atoms with van der Waals surface area (Å²) in [6, 6.07) is 11.1. The molecule has 1 saturated heterocycles. The lowest BCUT2D eigenvalue weighted by Gasteiger charge is -2.34. The van der Waals surface area contributed by atoms with Crippen LogP contribution in [0.25, 0.3) is 11.3 Å². The van der Waals surface area contributed by atoms with E-state index in [0.717, 1.165) is 56.0 Å². The molecule has 10 heteroatoms. The van der Waals surface area contributed by atoms with Crippen molar-refractivity contribution in [3.63, 3.8) is 0 Å². The first kappa shape index (κ1) is 24.3. The zero-order valence-corrected chi connectivity index (χ0v) is 21.0. The average Bonchev–Trinajstić information content (AvgIpc) is 2.89. The van der Waals surface area contributed by atoms with Crippen LogP contribution in [0.3, 0.4) is 0 Å². The lowest BCUT2D eigenvalue weighted by Crippen LogP contribution is -2.43. The Morgan fingerprint density at radius 1 is 1.08 bits per heavy atom. The summed E-state index contributed by atoms with van der Waals surface area (Å²) >= 11 is 1.48. The van der Waals surface area contributed by atoms with Crippen LogP contribution in [0.1, 0.15) is 19.4 Å². The molecule has 0 atom stereocenters. The molecule has 3 heterocycles. The Labute approximate surface area is 213 Å². The molecule has 0 saturated carbocycles. The highest BCUT2D eigenvalue weighted by molar-refractivity contribution is 7.99. The van der Waals surface area contributed by atoms with E-state index in [1.807, 2.05) is 12.1 Å². The third-order valence-corrected chi connectivity index (χ3v) is 7.46. The molecule has 36 heavy (non-hydrogen) atoms. The molecule has 5 rings (SSSR count). The number of nitriles is 1. The number of rotatable bonds is 5. The van der Waals surface area contributed by atoms with Gasteiger partial charge in [-0.3, -0.25) is 0 Å². The largest absolute Gasteiger partial charge is 0.368 e. The molecule has 2 aliphatic rings. The van der Waals surface area contributed by atoms with Gasteiger partial charge < -0.3 is 20.4 Å². The first-order chi connectivity index (χ1) is 17.4. The number of hydrogen-bond donors (Lipinski definition) is 2. The summed E-state index contributed by atoms with van der Waals surface area (Å²) < 4.78 is 29.9. The third-order valence-electron chi connectivity index (χ3n) is 6.38. The quantitative estimate of drug-likeness (QED) is 0.512. The number of nitrogens with one attached hydrogen (secondary N) is 2. The van der Waals surface area contributed by atoms with Gasteiger partial charge in [0.1, 0.15) is 17.6 Å². The topological polar surface area (TPSA) is 80.1 Å². The molecule has 1 aromatic heterocycles. The second-order valence-corrected chi connectivity index (χ2v) is 10.1. The molecule has 7 nitrogen and oxygen atoms in total. The van der Waals surface area contributed by atoms with Gasteiger partial charge in [-0.05, 0) is 44.2 Å². The summed E-state index contributed by atoms with van der Waals surface area (Å²) in [7, 11) is 0. The van der Waals surface area contributed by atoms with Crippen molar-refractivity contribution < 1.29 is 8.78 Å². The minimum atomic E-state index is -0.633. The summed E-state index contributed by atoms with van der Waals surface area (Å²) in [5, 5.41) is 16.1. The lowest BCUT2D eigenvalue weighted by atomic mass is 10.1. The number of halogens is 2. The van der Waals surface area contributed by atoms with Crippen molar-refractivity contribution in [1.29, 1.82) is 5.26 Å². The van der Waals surface area contributed by atoms with E-state index in [1.54, 1.807) is 12.1 Å². The van der Waals surface area contributed by atoms with Crippen LogP contribution < -0.4 is 20.4 Å². The highest BCUT2D eigenvalue weighted by atomic mass is 32.2. The smallest absolute Gasteiger partial charge is 0.227 e. The first-order valence-electron chi connectivity index (χ1n) is 12.0. The molecule has 2 aliphatic heterocycles. The molecular formula is C26H27F2N7S. The van der Waals surface area contributed by atoms with Gasteiger partial charge in [-0.2, -0.15) is 5.26 Å². The van der Waals surface area contributed by atoms with E-state index < -0.39 is 5.82 Å². The first-order valence-corrected chi connectivity index (χ1v) is 13.0. The van der Waals surface area contributed by atoms with Crippen LogP contribution in [-0.2, 0) is 0 Å². The lowest BCUT2D eigenvalue weighted by molar-refractivity contribution is 0.589. The van der Waals surface area contributed by atoms with Crippen LogP contribution in [0.2, 0.25) is 0 Å². The third kappa shape index (κ3) is 4.81. The van der Waals surface area contributed by atoms with Crippen molar-refractivity contribution in [2.24, 2.45) is 0 Å². The maximum Gasteiger partial charge on any atom is 0.227 e. The number of fused-ring (bicyclic) bond motifs is 1. The molecule has 1 fully saturated rings. The maximum atomic E-state index is 15.0. The van der Waals surface area contributed by atoms with Crippen molar-refractivity contribution >= 4 is 34.8 Å². The van der Waals surface area contributed by atoms with Crippen molar-refractivity contribution in [1.82, 2.24) is 15.3 Å². The van der Waals surface area contributed by atoms with Crippen molar-refractivity contribution in [2.75, 3.05) is 53.6 Å². The van der Waals surface area contributed by atoms with E-state index in [2.05, 4.69) is 50.3 Å². The minimum absolute atomic E-state index is 0.0198.